The van der Waals surface area contributed by atoms with Crippen LogP contribution in [0.2, 0.25) is 0 Å². The van der Waals surface area contributed by atoms with Crippen LogP contribution in [0.3, 0.4) is 0 Å². The number of ether oxygens (including phenoxy) is 1. The molecule has 2 rings (SSSR count). The Labute approximate surface area is 121 Å². The molecule has 0 N–H and O–H groups in total. The lowest BCUT2D eigenvalue weighted by Crippen LogP contribution is -2.14. The molecule has 1 saturated carbocycles. The zero-order valence-electron chi connectivity index (χ0n) is 13.1. The molecule has 0 amide bonds. The fourth-order valence-electron chi connectivity index (χ4n) is 3.71. The number of esters is 2. The van der Waals surface area contributed by atoms with Gasteiger partial charge in [-0.1, -0.05) is 39.8 Å². The van der Waals surface area contributed by atoms with E-state index in [0.29, 0.717) is 23.2 Å². The average molecular weight is 278 g/mol. The quantitative estimate of drug-likeness (QED) is 0.435. The minimum Gasteiger partial charge on any atom is -0.393 e. The number of allylic oxidation sites excluding steroid dienone is 1. The van der Waals surface area contributed by atoms with Crippen molar-refractivity contribution in [1.29, 1.82) is 0 Å². The number of carbonyl (C=O) groups is 2. The van der Waals surface area contributed by atoms with Crippen LogP contribution >= 0.6 is 0 Å². The van der Waals surface area contributed by atoms with Gasteiger partial charge < -0.3 is 4.74 Å². The van der Waals surface area contributed by atoms with Crippen molar-refractivity contribution < 1.29 is 14.3 Å². The van der Waals surface area contributed by atoms with E-state index in [9.17, 15) is 9.59 Å². The van der Waals surface area contributed by atoms with Gasteiger partial charge in [-0.25, -0.2) is 0 Å². The van der Waals surface area contributed by atoms with Crippen LogP contribution in [0.15, 0.2) is 12.2 Å². The van der Waals surface area contributed by atoms with E-state index in [1.54, 1.807) is 0 Å². The minimum atomic E-state index is -0.392. The zero-order chi connectivity index (χ0) is 15.1. The molecule has 3 atom stereocenters. The molecule has 2 aliphatic rings. The molecule has 3 nitrogen and oxygen atoms in total. The van der Waals surface area contributed by atoms with Crippen LogP contribution < -0.4 is 0 Å². The Morgan fingerprint density at radius 2 is 2.00 bits per heavy atom. The third-order valence-corrected chi connectivity index (χ3v) is 4.50. The Morgan fingerprint density at radius 1 is 1.35 bits per heavy atom. The van der Waals surface area contributed by atoms with Gasteiger partial charge in [0.25, 0.3) is 0 Å². The highest BCUT2D eigenvalue weighted by atomic mass is 16.6. The molecule has 20 heavy (non-hydrogen) atoms. The lowest BCUT2D eigenvalue weighted by Gasteiger charge is -2.24. The first-order valence-electron chi connectivity index (χ1n) is 7.50. The van der Waals surface area contributed by atoms with Crippen molar-refractivity contribution >= 4 is 11.9 Å². The molecule has 1 heterocycles. The summed E-state index contributed by atoms with van der Waals surface area (Å²) in [6, 6.07) is 0. The predicted molar refractivity (Wildman–Crippen MR) is 77.9 cm³/mol. The summed E-state index contributed by atoms with van der Waals surface area (Å²) >= 11 is 0. The van der Waals surface area contributed by atoms with Gasteiger partial charge >= 0.3 is 11.9 Å². The van der Waals surface area contributed by atoms with E-state index in [0.717, 1.165) is 12.0 Å². The van der Waals surface area contributed by atoms with Crippen LogP contribution in [-0.4, -0.2) is 11.9 Å². The highest BCUT2D eigenvalue weighted by Crippen LogP contribution is 2.60. The minimum absolute atomic E-state index is 0.224. The van der Waals surface area contributed by atoms with Gasteiger partial charge in [0.1, 0.15) is 0 Å². The SMILES string of the molecule is C=C(CC1CC(=O)OC1=O)CC1CC1(C)CC(C)(C)C. The summed E-state index contributed by atoms with van der Waals surface area (Å²) in [6.45, 7) is 13.3. The van der Waals surface area contributed by atoms with Crippen LogP contribution in [0, 0.1) is 22.7 Å². The summed E-state index contributed by atoms with van der Waals surface area (Å²) in [5, 5.41) is 0. The van der Waals surface area contributed by atoms with E-state index in [4.69, 9.17) is 0 Å². The maximum atomic E-state index is 11.5. The van der Waals surface area contributed by atoms with Gasteiger partial charge in [0.15, 0.2) is 0 Å². The fourth-order valence-corrected chi connectivity index (χ4v) is 3.71. The summed E-state index contributed by atoms with van der Waals surface area (Å²) in [7, 11) is 0. The van der Waals surface area contributed by atoms with Crippen LogP contribution in [0.1, 0.15) is 59.8 Å². The Kier molecular flexibility index (Phi) is 3.83. The third kappa shape index (κ3) is 3.71. The van der Waals surface area contributed by atoms with E-state index in [1.165, 1.54) is 12.8 Å². The van der Waals surface area contributed by atoms with Gasteiger partial charge in [-0.2, -0.15) is 0 Å². The monoisotopic (exact) mass is 278 g/mol. The first kappa shape index (κ1) is 15.3. The molecule has 0 bridgehead atoms. The molecule has 0 spiro atoms. The molecular formula is C17H26O3. The normalized spacial score (nSPS) is 33.2. The Bertz CT molecular complexity index is 444. The van der Waals surface area contributed by atoms with Crippen LogP contribution in [0.4, 0.5) is 0 Å². The molecule has 3 unspecified atom stereocenters. The van der Waals surface area contributed by atoms with Crippen molar-refractivity contribution in [3.8, 4) is 0 Å². The van der Waals surface area contributed by atoms with Crippen LogP contribution in [0.5, 0.6) is 0 Å². The second-order valence-electron chi connectivity index (χ2n) is 8.14. The third-order valence-electron chi connectivity index (χ3n) is 4.50. The summed E-state index contributed by atoms with van der Waals surface area (Å²) in [5.74, 6) is -0.369. The van der Waals surface area contributed by atoms with E-state index >= 15 is 0 Å². The van der Waals surface area contributed by atoms with Gasteiger partial charge in [0, 0.05) is 0 Å². The van der Waals surface area contributed by atoms with E-state index < -0.39 is 5.97 Å². The molecule has 2 fully saturated rings. The van der Waals surface area contributed by atoms with Crippen molar-refractivity contribution in [3.05, 3.63) is 12.2 Å². The van der Waals surface area contributed by atoms with E-state index in [2.05, 4.69) is 39.0 Å². The molecule has 0 radical (unpaired) electrons. The lowest BCUT2D eigenvalue weighted by atomic mass is 9.81. The Hall–Kier alpha value is -1.12. The average Bonchev–Trinajstić information content (AvgIpc) is 2.70. The topological polar surface area (TPSA) is 43.4 Å². The summed E-state index contributed by atoms with van der Waals surface area (Å²) in [5.41, 5.74) is 1.86. The van der Waals surface area contributed by atoms with E-state index in [-0.39, 0.29) is 18.3 Å². The summed E-state index contributed by atoms with van der Waals surface area (Å²) < 4.78 is 4.58. The molecule has 0 aromatic rings. The van der Waals surface area contributed by atoms with E-state index in [1.807, 2.05) is 0 Å². The maximum Gasteiger partial charge on any atom is 0.317 e. The Balaban J connectivity index is 1.79. The molecule has 112 valence electrons. The highest BCUT2D eigenvalue weighted by molar-refractivity contribution is 5.94. The van der Waals surface area contributed by atoms with Crippen LogP contribution in [-0.2, 0) is 14.3 Å². The first-order chi connectivity index (χ1) is 9.09. The van der Waals surface area contributed by atoms with Crippen molar-refractivity contribution in [2.45, 2.75) is 59.8 Å². The van der Waals surface area contributed by atoms with Gasteiger partial charge in [0.2, 0.25) is 0 Å². The largest absolute Gasteiger partial charge is 0.393 e. The van der Waals surface area contributed by atoms with Crippen LogP contribution in [0.25, 0.3) is 0 Å². The van der Waals surface area contributed by atoms with Crippen molar-refractivity contribution in [1.82, 2.24) is 0 Å². The number of carbonyl (C=O) groups excluding carboxylic acids is 2. The van der Waals surface area contributed by atoms with Crippen molar-refractivity contribution in [2.75, 3.05) is 0 Å². The standard InChI is InChI=1S/C17H26O3/c1-11(6-12-8-14(18)20-15(12)19)7-13-9-17(13,5)10-16(2,3)4/h12-13H,1,6-10H2,2-5H3. The summed E-state index contributed by atoms with van der Waals surface area (Å²) in [6.07, 6.45) is 4.28. The lowest BCUT2D eigenvalue weighted by molar-refractivity contribution is -0.153. The Morgan fingerprint density at radius 3 is 2.50 bits per heavy atom. The molecule has 3 heteroatoms. The van der Waals surface area contributed by atoms with Gasteiger partial charge in [0.05, 0.1) is 12.3 Å². The predicted octanol–water partition coefficient (Wildman–Crippen LogP) is 3.87. The smallest absolute Gasteiger partial charge is 0.317 e. The number of cyclic esters (lactones) is 2. The molecule has 1 aliphatic heterocycles. The number of hydrogen-bond acceptors (Lipinski definition) is 3. The van der Waals surface area contributed by atoms with Crippen molar-refractivity contribution in [3.63, 3.8) is 0 Å². The maximum absolute atomic E-state index is 11.5. The fraction of sp³-hybridized carbons (Fsp3) is 0.765. The summed E-state index contributed by atoms with van der Waals surface area (Å²) in [4.78, 5) is 22.5. The van der Waals surface area contributed by atoms with Gasteiger partial charge in [-0.05, 0) is 42.4 Å². The van der Waals surface area contributed by atoms with Gasteiger partial charge in [-0.15, -0.1) is 0 Å². The second kappa shape index (κ2) is 5.01. The molecular weight excluding hydrogens is 252 g/mol. The molecule has 0 aromatic carbocycles. The highest BCUT2D eigenvalue weighted by Gasteiger charge is 2.51. The number of hydrogen-bond donors (Lipinski definition) is 0. The first-order valence-corrected chi connectivity index (χ1v) is 7.50. The van der Waals surface area contributed by atoms with Crippen molar-refractivity contribution in [2.24, 2.45) is 22.7 Å². The molecule has 1 aliphatic carbocycles. The zero-order valence-corrected chi connectivity index (χ0v) is 13.1. The molecule has 0 aromatic heterocycles. The number of rotatable bonds is 5. The van der Waals surface area contributed by atoms with Gasteiger partial charge in [-0.3, -0.25) is 9.59 Å². The molecule has 1 saturated heterocycles. The second-order valence-corrected chi connectivity index (χ2v) is 8.14.